The molecule has 2 nitrogen and oxygen atoms in total. The third kappa shape index (κ3) is 2.58. The van der Waals surface area contributed by atoms with Gasteiger partial charge in [0.2, 0.25) is 0 Å². The molecule has 1 N–H and O–H groups in total. The Labute approximate surface area is 91.5 Å². The van der Waals surface area contributed by atoms with E-state index < -0.39 is 0 Å². The predicted molar refractivity (Wildman–Crippen MR) is 62.1 cm³/mol. The summed E-state index contributed by atoms with van der Waals surface area (Å²) < 4.78 is 0. The van der Waals surface area contributed by atoms with Crippen LogP contribution in [0.15, 0.2) is 24.3 Å². The van der Waals surface area contributed by atoms with Crippen molar-refractivity contribution >= 4 is 0 Å². The van der Waals surface area contributed by atoms with E-state index >= 15 is 0 Å². The molecule has 1 aromatic carbocycles. The minimum atomic E-state index is -0.245. The van der Waals surface area contributed by atoms with Gasteiger partial charge in [-0.15, -0.1) is 0 Å². The van der Waals surface area contributed by atoms with Crippen LogP contribution in [0.3, 0.4) is 0 Å². The van der Waals surface area contributed by atoms with Crippen LogP contribution in [0.25, 0.3) is 0 Å². The molecule has 0 spiro atoms. The fourth-order valence-electron chi connectivity index (χ4n) is 2.18. The molecule has 2 heteroatoms. The highest BCUT2D eigenvalue weighted by molar-refractivity contribution is 5.27. The van der Waals surface area contributed by atoms with E-state index in [1.165, 1.54) is 24.2 Å². The number of likely N-dealkylation sites (tertiary alicyclic amines) is 1. The van der Waals surface area contributed by atoms with Gasteiger partial charge in [0, 0.05) is 19.0 Å². The monoisotopic (exact) mass is 205 g/mol. The molecule has 0 aromatic heterocycles. The zero-order chi connectivity index (χ0) is 10.8. The molecular weight excluding hydrogens is 186 g/mol. The summed E-state index contributed by atoms with van der Waals surface area (Å²) in [4.78, 5) is 2.33. The summed E-state index contributed by atoms with van der Waals surface area (Å²) in [5.41, 5.74) is 2.66. The minimum Gasteiger partial charge on any atom is -0.393 e. The van der Waals surface area contributed by atoms with Crippen LogP contribution in [0.4, 0.5) is 0 Å². The van der Waals surface area contributed by atoms with Gasteiger partial charge in [0.25, 0.3) is 0 Å². The molecule has 1 unspecified atom stereocenters. The quantitative estimate of drug-likeness (QED) is 0.811. The van der Waals surface area contributed by atoms with Crippen molar-refractivity contribution in [1.82, 2.24) is 4.90 Å². The molecule has 1 aliphatic rings. The second kappa shape index (κ2) is 4.33. The average Bonchev–Trinajstić information content (AvgIpc) is 2.14. The molecular formula is C13H19NO. The number of hydrogen-bond donors (Lipinski definition) is 1. The Morgan fingerprint density at radius 3 is 2.40 bits per heavy atom. The highest BCUT2D eigenvalue weighted by atomic mass is 16.3. The molecule has 0 aliphatic carbocycles. The molecule has 0 amide bonds. The van der Waals surface area contributed by atoms with Gasteiger partial charge in [0.05, 0.1) is 6.10 Å². The molecule has 15 heavy (non-hydrogen) atoms. The fraction of sp³-hybridized carbons (Fsp3) is 0.538. The highest BCUT2D eigenvalue weighted by Gasteiger charge is 2.24. The molecule has 1 fully saturated rings. The van der Waals surface area contributed by atoms with Gasteiger partial charge in [0.1, 0.15) is 0 Å². The zero-order valence-corrected chi connectivity index (χ0v) is 9.48. The van der Waals surface area contributed by atoms with Crippen molar-refractivity contribution in [2.75, 3.05) is 20.1 Å². The van der Waals surface area contributed by atoms with E-state index in [9.17, 15) is 5.11 Å². The standard InChI is InChI=1S/C13H19NO/c1-10(15)7-11-3-5-12(6-4-11)13-8-14(2)9-13/h3-6,10,13,15H,7-9H2,1-2H3. The SMILES string of the molecule is CC(O)Cc1ccc(C2CN(C)C2)cc1. The number of rotatable bonds is 3. The van der Waals surface area contributed by atoms with Crippen LogP contribution < -0.4 is 0 Å². The van der Waals surface area contributed by atoms with Gasteiger partial charge in [-0.25, -0.2) is 0 Å². The third-order valence-electron chi connectivity index (χ3n) is 3.05. The van der Waals surface area contributed by atoms with Crippen LogP contribution in [-0.4, -0.2) is 36.2 Å². The van der Waals surface area contributed by atoms with Gasteiger partial charge in [-0.3, -0.25) is 0 Å². The Balaban J connectivity index is 1.98. The van der Waals surface area contributed by atoms with Crippen LogP contribution in [-0.2, 0) is 6.42 Å². The van der Waals surface area contributed by atoms with Crippen LogP contribution >= 0.6 is 0 Å². The first-order valence-corrected chi connectivity index (χ1v) is 5.60. The van der Waals surface area contributed by atoms with Gasteiger partial charge in [-0.2, -0.15) is 0 Å². The number of benzene rings is 1. The average molecular weight is 205 g/mol. The lowest BCUT2D eigenvalue weighted by atomic mass is 9.91. The van der Waals surface area contributed by atoms with Crippen molar-refractivity contribution in [3.8, 4) is 0 Å². The van der Waals surface area contributed by atoms with E-state index in [2.05, 4.69) is 36.2 Å². The lowest BCUT2D eigenvalue weighted by Crippen LogP contribution is -2.41. The van der Waals surface area contributed by atoms with Crippen molar-refractivity contribution in [2.24, 2.45) is 0 Å². The first kappa shape index (κ1) is 10.7. The normalized spacial score (nSPS) is 19.9. The first-order valence-electron chi connectivity index (χ1n) is 5.60. The molecule has 2 rings (SSSR count). The maximum atomic E-state index is 9.27. The lowest BCUT2D eigenvalue weighted by Gasteiger charge is -2.36. The second-order valence-electron chi connectivity index (χ2n) is 4.71. The highest BCUT2D eigenvalue weighted by Crippen LogP contribution is 2.25. The third-order valence-corrected chi connectivity index (χ3v) is 3.05. The van der Waals surface area contributed by atoms with E-state index in [1.807, 2.05) is 6.92 Å². The summed E-state index contributed by atoms with van der Waals surface area (Å²) in [6, 6.07) is 8.69. The van der Waals surface area contributed by atoms with Crippen molar-refractivity contribution in [3.63, 3.8) is 0 Å². The minimum absolute atomic E-state index is 0.245. The largest absolute Gasteiger partial charge is 0.393 e. The smallest absolute Gasteiger partial charge is 0.0552 e. The van der Waals surface area contributed by atoms with Crippen LogP contribution in [0.1, 0.15) is 24.0 Å². The number of nitrogens with zero attached hydrogens (tertiary/aromatic N) is 1. The van der Waals surface area contributed by atoms with E-state index in [0.29, 0.717) is 0 Å². The molecule has 1 atom stereocenters. The Hall–Kier alpha value is -0.860. The van der Waals surface area contributed by atoms with E-state index in [0.717, 1.165) is 12.3 Å². The summed E-state index contributed by atoms with van der Waals surface area (Å²) in [6.45, 7) is 4.18. The van der Waals surface area contributed by atoms with Gasteiger partial charge >= 0.3 is 0 Å². The molecule has 82 valence electrons. The summed E-state index contributed by atoms with van der Waals surface area (Å²) in [5.74, 6) is 0.718. The Morgan fingerprint density at radius 1 is 1.33 bits per heavy atom. The van der Waals surface area contributed by atoms with Gasteiger partial charge < -0.3 is 10.0 Å². The van der Waals surface area contributed by atoms with Crippen LogP contribution in [0, 0.1) is 0 Å². The van der Waals surface area contributed by atoms with E-state index in [1.54, 1.807) is 0 Å². The molecule has 1 saturated heterocycles. The fourth-order valence-corrected chi connectivity index (χ4v) is 2.18. The molecule has 0 saturated carbocycles. The van der Waals surface area contributed by atoms with Crippen molar-refractivity contribution < 1.29 is 5.11 Å². The van der Waals surface area contributed by atoms with Gasteiger partial charge in [-0.05, 0) is 31.5 Å². The summed E-state index contributed by atoms with van der Waals surface area (Å²) >= 11 is 0. The lowest BCUT2D eigenvalue weighted by molar-refractivity contribution is 0.189. The molecule has 1 aromatic rings. The summed E-state index contributed by atoms with van der Waals surface area (Å²) in [6.07, 6.45) is 0.510. The van der Waals surface area contributed by atoms with E-state index in [4.69, 9.17) is 0 Å². The van der Waals surface area contributed by atoms with Crippen molar-refractivity contribution in [3.05, 3.63) is 35.4 Å². The molecule has 1 heterocycles. The molecule has 0 radical (unpaired) electrons. The van der Waals surface area contributed by atoms with Crippen LogP contribution in [0.5, 0.6) is 0 Å². The summed E-state index contributed by atoms with van der Waals surface area (Å²) in [7, 11) is 2.15. The number of hydrogen-bond acceptors (Lipinski definition) is 2. The maximum absolute atomic E-state index is 9.27. The van der Waals surface area contributed by atoms with Gasteiger partial charge in [0.15, 0.2) is 0 Å². The van der Waals surface area contributed by atoms with Crippen LogP contribution in [0.2, 0.25) is 0 Å². The van der Waals surface area contributed by atoms with Gasteiger partial charge in [-0.1, -0.05) is 24.3 Å². The van der Waals surface area contributed by atoms with Crippen molar-refractivity contribution in [1.29, 1.82) is 0 Å². The number of aliphatic hydroxyl groups is 1. The predicted octanol–water partition coefficient (Wildman–Crippen LogP) is 1.64. The molecule has 0 bridgehead atoms. The Bertz CT molecular complexity index is 312. The zero-order valence-electron chi connectivity index (χ0n) is 9.48. The topological polar surface area (TPSA) is 23.5 Å². The second-order valence-corrected chi connectivity index (χ2v) is 4.71. The number of aliphatic hydroxyl groups excluding tert-OH is 1. The summed E-state index contributed by atoms with van der Waals surface area (Å²) in [5, 5.41) is 9.27. The molecule has 1 aliphatic heterocycles. The van der Waals surface area contributed by atoms with E-state index in [-0.39, 0.29) is 6.10 Å². The Kier molecular flexibility index (Phi) is 3.08. The van der Waals surface area contributed by atoms with Crippen molar-refractivity contribution in [2.45, 2.75) is 25.4 Å². The number of likely N-dealkylation sites (N-methyl/N-ethyl adjacent to an activating group) is 1. The first-order chi connectivity index (χ1) is 7.15. The maximum Gasteiger partial charge on any atom is 0.0552 e. The Morgan fingerprint density at radius 2 is 1.93 bits per heavy atom.